The molecule has 0 aliphatic carbocycles. The SMILES string of the molecule is COc1ccc([C@H]2C[C@H](c3ccccc3OC)n3ncnc3N2C(=O)c2cccc(C)c2)cc1. The number of para-hydroxylation sites is 1. The van der Waals surface area contributed by atoms with Crippen LogP contribution < -0.4 is 14.4 Å². The smallest absolute Gasteiger partial charge is 0.261 e. The van der Waals surface area contributed by atoms with E-state index in [0.717, 1.165) is 28.2 Å². The van der Waals surface area contributed by atoms with Crippen molar-refractivity contribution < 1.29 is 14.3 Å². The second-order valence-corrected chi connectivity index (χ2v) is 8.33. The molecule has 34 heavy (non-hydrogen) atoms. The van der Waals surface area contributed by atoms with Crippen molar-refractivity contribution in [1.82, 2.24) is 14.8 Å². The molecule has 4 aromatic rings. The summed E-state index contributed by atoms with van der Waals surface area (Å²) in [5, 5.41) is 4.53. The Kier molecular flexibility index (Phi) is 5.76. The third kappa shape index (κ3) is 3.79. The molecule has 1 aliphatic rings. The van der Waals surface area contributed by atoms with E-state index >= 15 is 0 Å². The lowest BCUT2D eigenvalue weighted by atomic mass is 9.91. The van der Waals surface area contributed by atoms with E-state index in [1.165, 1.54) is 6.33 Å². The summed E-state index contributed by atoms with van der Waals surface area (Å²) >= 11 is 0. The Morgan fingerprint density at radius 3 is 2.47 bits per heavy atom. The van der Waals surface area contributed by atoms with Gasteiger partial charge in [0.05, 0.1) is 26.3 Å². The van der Waals surface area contributed by atoms with E-state index in [1.54, 1.807) is 19.1 Å². The molecular weight excluding hydrogens is 428 g/mol. The first-order valence-corrected chi connectivity index (χ1v) is 11.2. The number of carbonyl (C=O) groups is 1. The molecule has 0 fully saturated rings. The molecule has 172 valence electrons. The zero-order valence-electron chi connectivity index (χ0n) is 19.4. The molecule has 1 aliphatic heterocycles. The van der Waals surface area contributed by atoms with Gasteiger partial charge in [-0.3, -0.25) is 9.69 Å². The van der Waals surface area contributed by atoms with Crippen molar-refractivity contribution in [2.24, 2.45) is 0 Å². The lowest BCUT2D eigenvalue weighted by molar-refractivity contribution is 0.0963. The van der Waals surface area contributed by atoms with Gasteiger partial charge in [0.2, 0.25) is 5.95 Å². The van der Waals surface area contributed by atoms with Crippen LogP contribution in [0.5, 0.6) is 11.5 Å². The van der Waals surface area contributed by atoms with Gasteiger partial charge in [-0.25, -0.2) is 4.68 Å². The summed E-state index contributed by atoms with van der Waals surface area (Å²) in [5.41, 5.74) is 3.63. The first-order valence-electron chi connectivity index (χ1n) is 11.2. The molecule has 0 unspecified atom stereocenters. The van der Waals surface area contributed by atoms with Crippen molar-refractivity contribution in [2.45, 2.75) is 25.4 Å². The largest absolute Gasteiger partial charge is 0.497 e. The number of nitrogens with zero attached hydrogens (tertiary/aromatic N) is 4. The average molecular weight is 455 g/mol. The normalized spacial score (nSPS) is 17.2. The summed E-state index contributed by atoms with van der Waals surface area (Å²) < 4.78 is 12.8. The summed E-state index contributed by atoms with van der Waals surface area (Å²) in [7, 11) is 3.31. The van der Waals surface area contributed by atoms with Crippen LogP contribution in [0, 0.1) is 6.92 Å². The Bertz CT molecular complexity index is 1320. The van der Waals surface area contributed by atoms with Crippen molar-refractivity contribution in [3.8, 4) is 11.5 Å². The predicted octanol–water partition coefficient (Wildman–Crippen LogP) is 4.98. The lowest BCUT2D eigenvalue weighted by Gasteiger charge is -2.39. The number of benzene rings is 3. The quantitative estimate of drug-likeness (QED) is 0.425. The number of carbonyl (C=O) groups excluding carboxylic acids is 1. The van der Waals surface area contributed by atoms with E-state index < -0.39 is 0 Å². The number of rotatable bonds is 5. The van der Waals surface area contributed by atoms with Gasteiger partial charge in [-0.2, -0.15) is 10.1 Å². The van der Waals surface area contributed by atoms with Gasteiger partial charge in [0.25, 0.3) is 5.91 Å². The Hall–Kier alpha value is -4.13. The minimum absolute atomic E-state index is 0.114. The number of aryl methyl sites for hydroxylation is 1. The number of ether oxygens (including phenoxy) is 2. The standard InChI is InChI=1S/C27H26N4O3/c1-18-7-6-8-20(15-18)26(32)30-23(19-11-13-21(33-2)14-12-19)16-24(31-27(30)28-17-29-31)22-9-4-5-10-25(22)34-3/h4-15,17,23-24H,16H2,1-3H3/t23-,24-/m1/s1. The highest BCUT2D eigenvalue weighted by atomic mass is 16.5. The Labute approximate surface area is 198 Å². The molecule has 0 N–H and O–H groups in total. The summed E-state index contributed by atoms with van der Waals surface area (Å²) in [6.07, 6.45) is 2.12. The van der Waals surface area contributed by atoms with Gasteiger partial charge in [-0.05, 0) is 49.2 Å². The lowest BCUT2D eigenvalue weighted by Crippen LogP contribution is -2.42. The number of hydrogen-bond donors (Lipinski definition) is 0. The molecule has 0 spiro atoms. The van der Waals surface area contributed by atoms with E-state index in [9.17, 15) is 4.79 Å². The maximum atomic E-state index is 13.9. The van der Waals surface area contributed by atoms with Gasteiger partial charge >= 0.3 is 0 Å². The monoisotopic (exact) mass is 454 g/mol. The fourth-order valence-electron chi connectivity index (χ4n) is 4.65. The second kappa shape index (κ2) is 9.02. The zero-order chi connectivity index (χ0) is 23.7. The number of fused-ring (bicyclic) bond motifs is 1. The van der Waals surface area contributed by atoms with Crippen molar-refractivity contribution in [2.75, 3.05) is 19.1 Å². The molecule has 0 bridgehead atoms. The summed E-state index contributed by atoms with van der Waals surface area (Å²) in [6, 6.07) is 23.0. The third-order valence-electron chi connectivity index (χ3n) is 6.31. The van der Waals surface area contributed by atoms with Gasteiger partial charge in [-0.15, -0.1) is 0 Å². The van der Waals surface area contributed by atoms with Crippen LogP contribution in [0.1, 0.15) is 45.6 Å². The molecule has 7 nitrogen and oxygen atoms in total. The Morgan fingerprint density at radius 1 is 0.941 bits per heavy atom. The van der Waals surface area contributed by atoms with Crippen LogP contribution in [0.3, 0.4) is 0 Å². The Balaban J connectivity index is 1.66. The third-order valence-corrected chi connectivity index (χ3v) is 6.31. The fourth-order valence-corrected chi connectivity index (χ4v) is 4.65. The number of aromatic nitrogens is 3. The molecule has 2 heterocycles. The highest BCUT2D eigenvalue weighted by molar-refractivity contribution is 6.06. The van der Waals surface area contributed by atoms with E-state index in [-0.39, 0.29) is 18.0 Å². The molecule has 0 saturated carbocycles. The van der Waals surface area contributed by atoms with Gasteiger partial charge < -0.3 is 9.47 Å². The van der Waals surface area contributed by atoms with Gasteiger partial charge in [-0.1, -0.05) is 48.0 Å². The molecule has 0 radical (unpaired) electrons. The predicted molar refractivity (Wildman–Crippen MR) is 129 cm³/mol. The minimum Gasteiger partial charge on any atom is -0.497 e. The van der Waals surface area contributed by atoms with Crippen LogP contribution in [0.2, 0.25) is 0 Å². The zero-order valence-corrected chi connectivity index (χ0v) is 19.4. The van der Waals surface area contributed by atoms with E-state index in [4.69, 9.17) is 9.47 Å². The molecule has 1 aromatic heterocycles. The second-order valence-electron chi connectivity index (χ2n) is 8.33. The number of anilines is 1. The van der Waals surface area contributed by atoms with Gasteiger partial charge in [0.15, 0.2) is 0 Å². The molecule has 0 saturated heterocycles. The molecular formula is C27H26N4O3. The summed E-state index contributed by atoms with van der Waals surface area (Å²) in [5.74, 6) is 1.94. The topological polar surface area (TPSA) is 69.5 Å². The van der Waals surface area contributed by atoms with Crippen LogP contribution in [-0.4, -0.2) is 34.9 Å². The summed E-state index contributed by atoms with van der Waals surface area (Å²) in [4.78, 5) is 20.2. The number of hydrogen-bond acceptors (Lipinski definition) is 5. The maximum absolute atomic E-state index is 13.9. The van der Waals surface area contributed by atoms with E-state index in [2.05, 4.69) is 10.1 Å². The molecule has 7 heteroatoms. The first-order chi connectivity index (χ1) is 16.6. The number of methoxy groups -OCH3 is 2. The van der Waals surface area contributed by atoms with Crippen molar-refractivity contribution in [1.29, 1.82) is 0 Å². The molecule has 5 rings (SSSR count). The van der Waals surface area contributed by atoms with E-state index in [1.807, 2.05) is 84.4 Å². The van der Waals surface area contributed by atoms with Crippen molar-refractivity contribution in [3.63, 3.8) is 0 Å². The average Bonchev–Trinajstić information content (AvgIpc) is 3.37. The molecule has 1 amide bonds. The summed E-state index contributed by atoms with van der Waals surface area (Å²) in [6.45, 7) is 1.98. The van der Waals surface area contributed by atoms with Gasteiger partial charge in [0, 0.05) is 11.1 Å². The van der Waals surface area contributed by atoms with E-state index in [0.29, 0.717) is 17.9 Å². The fraction of sp³-hybridized carbons (Fsp3) is 0.222. The molecule has 3 aromatic carbocycles. The minimum atomic E-state index is -0.259. The highest BCUT2D eigenvalue weighted by Gasteiger charge is 2.40. The first kappa shape index (κ1) is 21.7. The maximum Gasteiger partial charge on any atom is 0.261 e. The van der Waals surface area contributed by atoms with Crippen LogP contribution in [0.15, 0.2) is 79.1 Å². The number of amides is 1. The van der Waals surface area contributed by atoms with Crippen LogP contribution >= 0.6 is 0 Å². The van der Waals surface area contributed by atoms with Gasteiger partial charge in [0.1, 0.15) is 17.8 Å². The Morgan fingerprint density at radius 2 is 1.74 bits per heavy atom. The highest BCUT2D eigenvalue weighted by Crippen LogP contribution is 2.44. The van der Waals surface area contributed by atoms with Crippen molar-refractivity contribution in [3.05, 3.63) is 101 Å². The van der Waals surface area contributed by atoms with Crippen molar-refractivity contribution >= 4 is 11.9 Å². The molecule has 2 atom stereocenters. The van der Waals surface area contributed by atoms with Crippen LogP contribution in [-0.2, 0) is 0 Å². The van der Waals surface area contributed by atoms with Crippen LogP contribution in [0.25, 0.3) is 0 Å². The van der Waals surface area contributed by atoms with Crippen LogP contribution in [0.4, 0.5) is 5.95 Å².